The minimum Gasteiger partial charge on any atom is -0.378 e. The van der Waals surface area contributed by atoms with Crippen molar-refractivity contribution in [2.45, 2.75) is 25.7 Å². The number of carbonyl (C=O) groups excluding carboxylic acids is 2. The molecule has 148 valence electrons. The monoisotopic (exact) mass is 377 g/mol. The molecule has 2 amide bonds. The van der Waals surface area contributed by atoms with Crippen molar-refractivity contribution in [3.05, 3.63) is 30.1 Å². The van der Waals surface area contributed by atoms with Crippen molar-refractivity contribution in [1.29, 1.82) is 0 Å². The summed E-state index contributed by atoms with van der Waals surface area (Å²) in [7, 11) is 0. The Morgan fingerprint density at radius 3 is 2.74 bits per heavy atom. The summed E-state index contributed by atoms with van der Waals surface area (Å²) in [5, 5.41) is 2.64. The van der Waals surface area contributed by atoms with E-state index in [1.54, 1.807) is 18.2 Å². The van der Waals surface area contributed by atoms with Gasteiger partial charge in [-0.25, -0.2) is 4.39 Å². The van der Waals surface area contributed by atoms with Crippen molar-refractivity contribution in [1.82, 2.24) is 9.80 Å². The van der Waals surface area contributed by atoms with Crippen LogP contribution in [0.15, 0.2) is 24.3 Å². The van der Waals surface area contributed by atoms with Gasteiger partial charge in [0.2, 0.25) is 11.8 Å². The quantitative estimate of drug-likeness (QED) is 0.825. The lowest BCUT2D eigenvalue weighted by atomic mass is 9.93. The van der Waals surface area contributed by atoms with Gasteiger partial charge in [0.15, 0.2) is 0 Å². The van der Waals surface area contributed by atoms with E-state index in [1.807, 2.05) is 4.90 Å². The third-order valence-corrected chi connectivity index (χ3v) is 5.25. The molecule has 2 saturated heterocycles. The van der Waals surface area contributed by atoms with Gasteiger partial charge in [-0.3, -0.25) is 14.5 Å². The molecule has 0 aliphatic carbocycles. The van der Waals surface area contributed by atoms with Crippen molar-refractivity contribution in [3.63, 3.8) is 0 Å². The molecule has 1 atom stereocenters. The summed E-state index contributed by atoms with van der Waals surface area (Å²) >= 11 is 0. The van der Waals surface area contributed by atoms with E-state index < -0.39 is 5.82 Å². The van der Waals surface area contributed by atoms with E-state index in [4.69, 9.17) is 4.74 Å². The van der Waals surface area contributed by atoms with E-state index in [-0.39, 0.29) is 17.5 Å². The van der Waals surface area contributed by atoms with Gasteiger partial charge < -0.3 is 15.0 Å². The fourth-order valence-electron chi connectivity index (χ4n) is 3.75. The number of para-hydroxylation sites is 1. The van der Waals surface area contributed by atoms with Crippen LogP contribution in [0.5, 0.6) is 0 Å². The molecule has 6 nitrogen and oxygen atoms in total. The van der Waals surface area contributed by atoms with Crippen LogP contribution in [-0.4, -0.2) is 67.6 Å². The second-order valence-corrected chi connectivity index (χ2v) is 7.30. The molecule has 0 aromatic heterocycles. The van der Waals surface area contributed by atoms with E-state index in [1.165, 1.54) is 6.07 Å². The van der Waals surface area contributed by atoms with Gasteiger partial charge in [-0.05, 0) is 43.9 Å². The van der Waals surface area contributed by atoms with Gasteiger partial charge >= 0.3 is 0 Å². The third kappa shape index (κ3) is 6.01. The fourth-order valence-corrected chi connectivity index (χ4v) is 3.75. The van der Waals surface area contributed by atoms with E-state index in [2.05, 4.69) is 10.2 Å². The number of rotatable bonds is 6. The number of morpholine rings is 1. The Labute approximate surface area is 159 Å². The number of carbonyl (C=O) groups is 2. The zero-order valence-electron chi connectivity index (χ0n) is 15.7. The molecule has 2 aliphatic heterocycles. The van der Waals surface area contributed by atoms with Crippen LogP contribution in [0.3, 0.4) is 0 Å². The zero-order valence-corrected chi connectivity index (χ0v) is 15.7. The summed E-state index contributed by atoms with van der Waals surface area (Å²) in [4.78, 5) is 28.6. The number of halogens is 1. The van der Waals surface area contributed by atoms with Gasteiger partial charge in [0.25, 0.3) is 0 Å². The lowest BCUT2D eigenvalue weighted by Gasteiger charge is -2.34. The average molecular weight is 377 g/mol. The Morgan fingerprint density at radius 1 is 1.19 bits per heavy atom. The Morgan fingerprint density at radius 2 is 1.96 bits per heavy atom. The lowest BCUT2D eigenvalue weighted by Crippen LogP contribution is -2.47. The smallest absolute Gasteiger partial charge is 0.236 e. The topological polar surface area (TPSA) is 61.9 Å². The molecule has 1 N–H and O–H groups in total. The van der Waals surface area contributed by atoms with Gasteiger partial charge in [-0.15, -0.1) is 0 Å². The van der Waals surface area contributed by atoms with Crippen molar-refractivity contribution in [3.8, 4) is 0 Å². The van der Waals surface area contributed by atoms with Gasteiger partial charge in [0, 0.05) is 26.1 Å². The molecule has 0 radical (unpaired) electrons. The van der Waals surface area contributed by atoms with Crippen LogP contribution < -0.4 is 5.32 Å². The highest BCUT2D eigenvalue weighted by molar-refractivity contribution is 5.90. The van der Waals surface area contributed by atoms with Crippen LogP contribution in [0.25, 0.3) is 0 Å². The van der Waals surface area contributed by atoms with Crippen LogP contribution in [-0.2, 0) is 14.3 Å². The normalized spacial score (nSPS) is 21.1. The highest BCUT2D eigenvalue weighted by Gasteiger charge is 2.25. The number of amides is 2. The molecule has 2 aliphatic rings. The Bertz CT molecular complexity index is 649. The second kappa shape index (κ2) is 9.80. The van der Waals surface area contributed by atoms with Gasteiger partial charge in [-0.2, -0.15) is 0 Å². The zero-order chi connectivity index (χ0) is 19.1. The number of hydrogen-bond acceptors (Lipinski definition) is 4. The molecular weight excluding hydrogens is 349 g/mol. The first-order valence-corrected chi connectivity index (χ1v) is 9.74. The maximum Gasteiger partial charge on any atom is 0.236 e. The van der Waals surface area contributed by atoms with Crippen LogP contribution in [0.4, 0.5) is 10.1 Å². The Kier molecular flexibility index (Phi) is 7.18. The van der Waals surface area contributed by atoms with Crippen LogP contribution in [0.2, 0.25) is 0 Å². The molecule has 0 saturated carbocycles. The summed E-state index contributed by atoms with van der Waals surface area (Å²) in [6.45, 7) is 4.78. The standard InChI is InChI=1S/C20H28FN3O3/c21-17-5-1-2-6-18(17)22-19(25)8-7-16-4-3-9-23(14-16)15-20(26)24-10-12-27-13-11-24/h1-2,5-6,16H,3-4,7-15H2,(H,22,25)/t16-/m1/s1. The molecule has 2 fully saturated rings. The summed E-state index contributed by atoms with van der Waals surface area (Å²) in [5.74, 6) is -0.0308. The molecule has 27 heavy (non-hydrogen) atoms. The first-order valence-electron chi connectivity index (χ1n) is 9.74. The summed E-state index contributed by atoms with van der Waals surface area (Å²) < 4.78 is 18.9. The van der Waals surface area contributed by atoms with Crippen LogP contribution in [0.1, 0.15) is 25.7 Å². The molecule has 2 heterocycles. The molecule has 1 aromatic rings. The summed E-state index contributed by atoms with van der Waals surface area (Å²) in [6.07, 6.45) is 3.22. The Balaban J connectivity index is 1.40. The summed E-state index contributed by atoms with van der Waals surface area (Å²) in [5.41, 5.74) is 0.226. The van der Waals surface area contributed by atoms with Gasteiger partial charge in [0.05, 0.1) is 25.4 Å². The molecule has 0 bridgehead atoms. The molecule has 0 unspecified atom stereocenters. The molecular formula is C20H28FN3O3. The molecule has 7 heteroatoms. The van der Waals surface area contributed by atoms with E-state index in [0.717, 1.165) is 32.4 Å². The van der Waals surface area contributed by atoms with Crippen LogP contribution >= 0.6 is 0 Å². The molecule has 1 aromatic carbocycles. The van der Waals surface area contributed by atoms with Gasteiger partial charge in [0.1, 0.15) is 5.82 Å². The van der Waals surface area contributed by atoms with Gasteiger partial charge in [-0.1, -0.05) is 12.1 Å². The van der Waals surface area contributed by atoms with E-state index in [9.17, 15) is 14.0 Å². The first kappa shape index (κ1) is 19.8. The number of hydrogen-bond donors (Lipinski definition) is 1. The lowest BCUT2D eigenvalue weighted by molar-refractivity contribution is -0.137. The number of nitrogens with one attached hydrogen (secondary N) is 1. The maximum absolute atomic E-state index is 13.6. The number of likely N-dealkylation sites (tertiary alicyclic amines) is 1. The average Bonchev–Trinajstić information content (AvgIpc) is 2.69. The summed E-state index contributed by atoms with van der Waals surface area (Å²) in [6, 6.07) is 6.19. The maximum atomic E-state index is 13.6. The van der Waals surface area contributed by atoms with Crippen molar-refractivity contribution >= 4 is 17.5 Å². The van der Waals surface area contributed by atoms with E-state index in [0.29, 0.717) is 45.2 Å². The number of anilines is 1. The Hall–Kier alpha value is -1.99. The minimum absolute atomic E-state index is 0.163. The first-order chi connectivity index (χ1) is 13.1. The predicted octanol–water partition coefficient (Wildman–Crippen LogP) is 2.12. The highest BCUT2D eigenvalue weighted by atomic mass is 19.1. The number of ether oxygens (including phenoxy) is 1. The van der Waals surface area contributed by atoms with Crippen LogP contribution in [0, 0.1) is 11.7 Å². The molecule has 0 spiro atoms. The minimum atomic E-state index is -0.420. The number of piperidine rings is 1. The SMILES string of the molecule is O=C(CC[C@H]1CCCN(CC(=O)N2CCOCC2)C1)Nc1ccccc1F. The highest BCUT2D eigenvalue weighted by Crippen LogP contribution is 2.22. The number of nitrogens with zero attached hydrogens (tertiary/aromatic N) is 2. The third-order valence-electron chi connectivity index (χ3n) is 5.25. The largest absolute Gasteiger partial charge is 0.378 e. The fraction of sp³-hybridized carbons (Fsp3) is 0.600. The molecule has 3 rings (SSSR count). The predicted molar refractivity (Wildman–Crippen MR) is 101 cm³/mol. The van der Waals surface area contributed by atoms with Crippen molar-refractivity contribution in [2.75, 3.05) is 51.3 Å². The second-order valence-electron chi connectivity index (χ2n) is 7.30. The number of benzene rings is 1. The van der Waals surface area contributed by atoms with E-state index >= 15 is 0 Å². The van der Waals surface area contributed by atoms with Crippen molar-refractivity contribution < 1.29 is 18.7 Å². The van der Waals surface area contributed by atoms with Crippen molar-refractivity contribution in [2.24, 2.45) is 5.92 Å².